The summed E-state index contributed by atoms with van der Waals surface area (Å²) >= 11 is 1.75. The van der Waals surface area contributed by atoms with Crippen LogP contribution in [-0.4, -0.2) is 53.1 Å². The molecule has 0 bridgehead atoms. The maximum absolute atomic E-state index is 5.19. The van der Waals surface area contributed by atoms with Gasteiger partial charge in [-0.05, 0) is 11.8 Å². The van der Waals surface area contributed by atoms with Crippen molar-refractivity contribution in [3.8, 4) is 5.88 Å². The zero-order valence-electron chi connectivity index (χ0n) is 12.6. The topological polar surface area (TPSA) is 54.4 Å². The smallest absolute Gasteiger partial charge is 0.218 e. The van der Waals surface area contributed by atoms with Crippen molar-refractivity contribution < 1.29 is 4.74 Å². The first-order valence-electron chi connectivity index (χ1n) is 7.53. The van der Waals surface area contributed by atoms with Gasteiger partial charge in [0.25, 0.3) is 0 Å². The van der Waals surface area contributed by atoms with E-state index < -0.39 is 0 Å². The fourth-order valence-corrected chi connectivity index (χ4v) is 4.20. The van der Waals surface area contributed by atoms with Crippen LogP contribution in [0.5, 0.6) is 5.88 Å². The minimum absolute atomic E-state index is 0.632. The van der Waals surface area contributed by atoms with Gasteiger partial charge in [-0.15, -0.1) is 11.3 Å². The van der Waals surface area contributed by atoms with Gasteiger partial charge in [0, 0.05) is 43.8 Å². The molecule has 0 aliphatic carbocycles. The summed E-state index contributed by atoms with van der Waals surface area (Å²) in [6.45, 7) is 5.44. The predicted octanol–water partition coefficient (Wildman–Crippen LogP) is 1.51. The summed E-state index contributed by atoms with van der Waals surface area (Å²) in [5.41, 5.74) is 0. The standard InChI is InChI=1S/C15H19N5OS/c1-21-14-4-13(17-10-18-14)20-7-11-5-19(6-12(11)8-20)9-15-16-2-3-22-15/h2-4,10-12H,5-9H2,1H3/t11-,12+. The summed E-state index contributed by atoms with van der Waals surface area (Å²) in [6, 6.07) is 1.92. The van der Waals surface area contributed by atoms with Crippen LogP contribution >= 0.6 is 11.3 Å². The van der Waals surface area contributed by atoms with Crippen LogP contribution < -0.4 is 9.64 Å². The van der Waals surface area contributed by atoms with E-state index in [4.69, 9.17) is 4.74 Å². The molecule has 0 saturated carbocycles. The van der Waals surface area contributed by atoms with E-state index in [9.17, 15) is 0 Å². The molecule has 4 rings (SSSR count). The molecule has 116 valence electrons. The molecule has 2 aromatic rings. The first-order chi connectivity index (χ1) is 10.8. The molecule has 7 heteroatoms. The van der Waals surface area contributed by atoms with Crippen molar-refractivity contribution >= 4 is 17.2 Å². The number of nitrogens with zero attached hydrogens (tertiary/aromatic N) is 5. The molecule has 0 aromatic carbocycles. The predicted molar refractivity (Wildman–Crippen MR) is 85.2 cm³/mol. The van der Waals surface area contributed by atoms with Crippen molar-refractivity contribution in [3.05, 3.63) is 29.0 Å². The second-order valence-corrected chi connectivity index (χ2v) is 6.94. The van der Waals surface area contributed by atoms with Gasteiger partial charge in [0.1, 0.15) is 17.2 Å². The molecule has 0 N–H and O–H groups in total. The van der Waals surface area contributed by atoms with E-state index in [0.717, 1.165) is 50.4 Å². The molecule has 2 aliphatic rings. The minimum Gasteiger partial charge on any atom is -0.481 e. The van der Waals surface area contributed by atoms with Crippen molar-refractivity contribution in [3.63, 3.8) is 0 Å². The fraction of sp³-hybridized carbons (Fsp3) is 0.533. The Morgan fingerprint density at radius 3 is 2.68 bits per heavy atom. The highest BCUT2D eigenvalue weighted by Crippen LogP contribution is 2.34. The van der Waals surface area contributed by atoms with Crippen LogP contribution in [0.15, 0.2) is 24.0 Å². The number of thiazole rings is 1. The van der Waals surface area contributed by atoms with Crippen LogP contribution in [0.1, 0.15) is 5.01 Å². The average Bonchev–Trinajstić information content (AvgIpc) is 3.24. The van der Waals surface area contributed by atoms with E-state index in [2.05, 4.69) is 30.1 Å². The summed E-state index contributed by atoms with van der Waals surface area (Å²) in [5, 5.41) is 3.27. The molecule has 0 unspecified atom stereocenters. The maximum Gasteiger partial charge on any atom is 0.218 e. The Balaban J connectivity index is 1.39. The second kappa shape index (κ2) is 5.81. The Kier molecular flexibility index (Phi) is 3.67. The van der Waals surface area contributed by atoms with Crippen LogP contribution in [0.4, 0.5) is 5.82 Å². The lowest BCUT2D eigenvalue weighted by molar-refractivity contribution is 0.308. The Bertz CT molecular complexity index is 621. The fourth-order valence-electron chi connectivity index (χ4n) is 3.54. The third-order valence-corrected chi connectivity index (χ3v) is 5.33. The molecule has 6 nitrogen and oxygen atoms in total. The number of rotatable bonds is 4. The highest BCUT2D eigenvalue weighted by Gasteiger charge is 2.40. The molecule has 0 amide bonds. The normalized spacial score (nSPS) is 24.7. The number of anilines is 1. The van der Waals surface area contributed by atoms with Gasteiger partial charge in [-0.1, -0.05) is 0 Å². The summed E-state index contributed by atoms with van der Waals surface area (Å²) in [6.07, 6.45) is 3.47. The van der Waals surface area contributed by atoms with Crippen LogP contribution in [0.2, 0.25) is 0 Å². The van der Waals surface area contributed by atoms with Gasteiger partial charge in [0.05, 0.1) is 13.7 Å². The number of fused-ring (bicyclic) bond motifs is 1. The third kappa shape index (κ3) is 2.66. The van der Waals surface area contributed by atoms with Gasteiger partial charge in [-0.25, -0.2) is 15.0 Å². The van der Waals surface area contributed by atoms with E-state index in [1.54, 1.807) is 24.8 Å². The zero-order valence-corrected chi connectivity index (χ0v) is 13.4. The monoisotopic (exact) mass is 317 g/mol. The highest BCUT2D eigenvalue weighted by molar-refractivity contribution is 7.09. The van der Waals surface area contributed by atoms with E-state index in [-0.39, 0.29) is 0 Å². The van der Waals surface area contributed by atoms with Crippen LogP contribution in [-0.2, 0) is 6.54 Å². The Morgan fingerprint density at radius 1 is 1.18 bits per heavy atom. The molecular weight excluding hydrogens is 298 g/mol. The molecule has 0 radical (unpaired) electrons. The number of hydrogen-bond acceptors (Lipinski definition) is 7. The number of methoxy groups -OCH3 is 1. The molecule has 2 aromatic heterocycles. The quantitative estimate of drug-likeness (QED) is 0.852. The summed E-state index contributed by atoms with van der Waals surface area (Å²) < 4.78 is 5.19. The van der Waals surface area contributed by atoms with E-state index in [1.807, 2.05) is 12.3 Å². The van der Waals surface area contributed by atoms with Crippen molar-refractivity contribution in [1.82, 2.24) is 19.9 Å². The molecule has 2 aliphatic heterocycles. The summed E-state index contributed by atoms with van der Waals surface area (Å²) in [7, 11) is 1.64. The molecule has 0 spiro atoms. The molecule has 4 heterocycles. The van der Waals surface area contributed by atoms with E-state index >= 15 is 0 Å². The van der Waals surface area contributed by atoms with E-state index in [1.165, 1.54) is 5.01 Å². The maximum atomic E-state index is 5.19. The van der Waals surface area contributed by atoms with Crippen LogP contribution in [0.3, 0.4) is 0 Å². The van der Waals surface area contributed by atoms with Crippen LogP contribution in [0.25, 0.3) is 0 Å². The Labute approximate surface area is 133 Å². The van der Waals surface area contributed by atoms with E-state index in [0.29, 0.717) is 5.88 Å². The van der Waals surface area contributed by atoms with Gasteiger partial charge >= 0.3 is 0 Å². The Morgan fingerprint density at radius 2 is 2.00 bits per heavy atom. The lowest BCUT2D eigenvalue weighted by Crippen LogP contribution is -2.29. The van der Waals surface area contributed by atoms with Crippen LogP contribution in [0, 0.1) is 11.8 Å². The average molecular weight is 317 g/mol. The zero-order chi connectivity index (χ0) is 14.9. The van der Waals surface area contributed by atoms with Crippen molar-refractivity contribution in [2.45, 2.75) is 6.54 Å². The number of aromatic nitrogens is 3. The number of hydrogen-bond donors (Lipinski definition) is 0. The SMILES string of the molecule is COc1cc(N2C[C@H]3CN(Cc4nccs4)C[C@H]3C2)ncn1. The first-order valence-corrected chi connectivity index (χ1v) is 8.41. The molecule has 2 fully saturated rings. The molecular formula is C15H19N5OS. The van der Waals surface area contributed by atoms with Crippen molar-refractivity contribution in [1.29, 1.82) is 0 Å². The lowest BCUT2D eigenvalue weighted by Gasteiger charge is -2.21. The second-order valence-electron chi connectivity index (χ2n) is 5.96. The summed E-state index contributed by atoms with van der Waals surface area (Å²) in [4.78, 5) is 17.8. The lowest BCUT2D eigenvalue weighted by atomic mass is 10.0. The first kappa shape index (κ1) is 13.9. The molecule has 2 atom stereocenters. The highest BCUT2D eigenvalue weighted by atomic mass is 32.1. The third-order valence-electron chi connectivity index (χ3n) is 4.56. The van der Waals surface area contributed by atoms with Gasteiger partial charge in [0.2, 0.25) is 5.88 Å². The Hall–Kier alpha value is -1.73. The summed E-state index contributed by atoms with van der Waals surface area (Å²) in [5.74, 6) is 3.06. The van der Waals surface area contributed by atoms with Crippen molar-refractivity contribution in [2.24, 2.45) is 11.8 Å². The van der Waals surface area contributed by atoms with Gasteiger partial charge < -0.3 is 9.64 Å². The minimum atomic E-state index is 0.632. The van der Waals surface area contributed by atoms with Gasteiger partial charge in [-0.3, -0.25) is 4.90 Å². The van der Waals surface area contributed by atoms with Gasteiger partial charge in [-0.2, -0.15) is 0 Å². The molecule has 2 saturated heterocycles. The van der Waals surface area contributed by atoms with Crippen molar-refractivity contribution in [2.75, 3.05) is 38.2 Å². The number of ether oxygens (including phenoxy) is 1. The van der Waals surface area contributed by atoms with Gasteiger partial charge in [0.15, 0.2) is 0 Å². The number of likely N-dealkylation sites (tertiary alicyclic amines) is 1. The largest absolute Gasteiger partial charge is 0.481 e. The molecule has 22 heavy (non-hydrogen) atoms.